The lowest BCUT2D eigenvalue weighted by Crippen LogP contribution is -2.43. The quantitative estimate of drug-likeness (QED) is 0.490. The highest BCUT2D eigenvalue weighted by molar-refractivity contribution is 6.39. The lowest BCUT2D eigenvalue weighted by atomic mass is 9.96. The highest BCUT2D eigenvalue weighted by Gasteiger charge is 2.25. The average Bonchev–Trinajstić information content (AvgIpc) is 3.54. The van der Waals surface area contributed by atoms with Crippen molar-refractivity contribution in [2.75, 3.05) is 36.4 Å². The van der Waals surface area contributed by atoms with Gasteiger partial charge in [0.25, 0.3) is 0 Å². The second-order valence-electron chi connectivity index (χ2n) is 8.93. The van der Waals surface area contributed by atoms with Gasteiger partial charge in [-0.25, -0.2) is 0 Å². The Balaban J connectivity index is 1.22. The van der Waals surface area contributed by atoms with E-state index in [1.54, 1.807) is 46.4 Å². The average molecular weight is 479 g/mol. The Labute approximate surface area is 204 Å². The Morgan fingerprint density at radius 1 is 1.11 bits per heavy atom. The number of hydrogen-bond acceptors (Lipinski definition) is 5. The minimum absolute atomic E-state index is 0.0654. The van der Waals surface area contributed by atoms with Crippen LogP contribution in [0.3, 0.4) is 0 Å². The Hall–Kier alpha value is -3.88. The number of nitrogens with one attached hydrogen (secondary N) is 2. The molecule has 1 aromatic heterocycles. The molecule has 0 aliphatic carbocycles. The number of benzene rings is 1. The molecular weight excluding hydrogens is 448 g/mol. The summed E-state index contributed by atoms with van der Waals surface area (Å²) in [5.41, 5.74) is 2.16. The van der Waals surface area contributed by atoms with Crippen molar-refractivity contribution in [2.24, 2.45) is 5.92 Å². The van der Waals surface area contributed by atoms with Crippen LogP contribution in [0, 0.1) is 12.8 Å². The maximum absolute atomic E-state index is 12.4. The molecule has 4 amide bonds. The van der Waals surface area contributed by atoms with E-state index >= 15 is 0 Å². The lowest BCUT2D eigenvalue weighted by molar-refractivity contribution is -0.136. The fraction of sp³-hybridized carbons (Fsp3) is 0.385. The van der Waals surface area contributed by atoms with Crippen molar-refractivity contribution in [3.8, 4) is 0 Å². The maximum Gasteiger partial charge on any atom is 0.313 e. The number of aryl methyl sites for hydroxylation is 1. The van der Waals surface area contributed by atoms with Crippen LogP contribution in [0.1, 0.15) is 37.0 Å². The minimum atomic E-state index is -0.747. The van der Waals surface area contributed by atoms with Gasteiger partial charge in [-0.1, -0.05) is 6.07 Å². The molecule has 2 aliphatic rings. The van der Waals surface area contributed by atoms with Crippen molar-refractivity contribution in [2.45, 2.75) is 32.6 Å². The fourth-order valence-corrected chi connectivity index (χ4v) is 4.39. The maximum atomic E-state index is 12.4. The number of carbonyl (C=O) groups excluding carboxylic acids is 4. The van der Waals surface area contributed by atoms with Crippen LogP contribution < -0.4 is 15.5 Å². The van der Waals surface area contributed by atoms with E-state index in [-0.39, 0.29) is 17.7 Å². The van der Waals surface area contributed by atoms with Crippen LogP contribution in [0.2, 0.25) is 0 Å². The zero-order valence-corrected chi connectivity index (χ0v) is 19.8. The SMILES string of the molecule is Cc1ccc(NC(=O)C(=O)NCC2CCN(C(=O)/C=C/c3ccco3)CC2)cc1N1CCCC1=O. The summed E-state index contributed by atoms with van der Waals surface area (Å²) < 4.78 is 5.19. The van der Waals surface area contributed by atoms with Gasteiger partial charge in [-0.15, -0.1) is 0 Å². The highest BCUT2D eigenvalue weighted by atomic mass is 16.3. The molecular formula is C26H30N4O5. The molecule has 2 N–H and O–H groups in total. The van der Waals surface area contributed by atoms with Crippen LogP contribution in [-0.4, -0.2) is 54.7 Å². The monoisotopic (exact) mass is 478 g/mol. The summed E-state index contributed by atoms with van der Waals surface area (Å²) in [7, 11) is 0. The number of nitrogens with zero attached hydrogens (tertiary/aromatic N) is 2. The summed E-state index contributed by atoms with van der Waals surface area (Å²) in [5.74, 6) is -0.642. The second-order valence-corrected chi connectivity index (χ2v) is 8.93. The molecule has 0 spiro atoms. The molecule has 0 saturated carbocycles. The lowest BCUT2D eigenvalue weighted by Gasteiger charge is -2.31. The van der Waals surface area contributed by atoms with Gasteiger partial charge in [0.1, 0.15) is 5.76 Å². The molecule has 9 nitrogen and oxygen atoms in total. The molecule has 4 rings (SSSR count). The third-order valence-electron chi connectivity index (χ3n) is 6.45. The van der Waals surface area contributed by atoms with E-state index in [0.29, 0.717) is 44.0 Å². The van der Waals surface area contributed by atoms with Crippen molar-refractivity contribution in [1.29, 1.82) is 0 Å². The van der Waals surface area contributed by atoms with Gasteiger partial charge in [-0.05, 0) is 68.0 Å². The normalized spacial score (nSPS) is 16.7. The Morgan fingerprint density at radius 2 is 1.91 bits per heavy atom. The molecule has 0 bridgehead atoms. The van der Waals surface area contributed by atoms with Gasteiger partial charge in [0.05, 0.1) is 6.26 Å². The predicted octanol–water partition coefficient (Wildman–Crippen LogP) is 2.72. The molecule has 184 valence electrons. The van der Waals surface area contributed by atoms with Gasteiger partial charge in [0, 0.05) is 50.1 Å². The van der Waals surface area contributed by atoms with Crippen LogP contribution in [0.5, 0.6) is 0 Å². The van der Waals surface area contributed by atoms with Crippen molar-refractivity contribution in [1.82, 2.24) is 10.2 Å². The number of piperidine rings is 1. The molecule has 35 heavy (non-hydrogen) atoms. The van der Waals surface area contributed by atoms with Gasteiger partial charge in [-0.3, -0.25) is 19.2 Å². The first kappa shape index (κ1) is 24.3. The molecule has 9 heteroatoms. The highest BCUT2D eigenvalue weighted by Crippen LogP contribution is 2.28. The summed E-state index contributed by atoms with van der Waals surface area (Å²) in [5, 5.41) is 5.33. The van der Waals surface area contributed by atoms with Crippen LogP contribution >= 0.6 is 0 Å². The van der Waals surface area contributed by atoms with Crippen molar-refractivity contribution in [3.63, 3.8) is 0 Å². The van der Waals surface area contributed by atoms with E-state index in [1.165, 1.54) is 6.08 Å². The number of amides is 4. The van der Waals surface area contributed by atoms with E-state index < -0.39 is 11.8 Å². The molecule has 1 aromatic carbocycles. The molecule has 2 fully saturated rings. The summed E-state index contributed by atoms with van der Waals surface area (Å²) in [6.07, 6.45) is 7.52. The summed E-state index contributed by atoms with van der Waals surface area (Å²) in [6.45, 7) is 4.12. The molecule has 0 atom stereocenters. The number of carbonyl (C=O) groups is 4. The van der Waals surface area contributed by atoms with Gasteiger partial charge in [-0.2, -0.15) is 0 Å². The number of likely N-dealkylation sites (tertiary alicyclic amines) is 1. The molecule has 0 unspecified atom stereocenters. The van der Waals surface area contributed by atoms with Crippen molar-refractivity contribution >= 4 is 41.1 Å². The van der Waals surface area contributed by atoms with Crippen molar-refractivity contribution in [3.05, 3.63) is 54.0 Å². The minimum Gasteiger partial charge on any atom is -0.465 e. The summed E-state index contributed by atoms with van der Waals surface area (Å²) in [4.78, 5) is 52.7. The first-order valence-corrected chi connectivity index (χ1v) is 11.9. The Morgan fingerprint density at radius 3 is 2.60 bits per heavy atom. The third kappa shape index (κ3) is 6.17. The Kier molecular flexibility index (Phi) is 7.64. The van der Waals surface area contributed by atoms with Gasteiger partial charge >= 0.3 is 11.8 Å². The van der Waals surface area contributed by atoms with E-state index in [0.717, 1.165) is 30.5 Å². The summed E-state index contributed by atoms with van der Waals surface area (Å²) in [6, 6.07) is 8.82. The standard InChI is InChI=1S/C26H30N4O5/c1-18-6-7-20(16-22(18)30-12-2-5-24(30)32)28-26(34)25(33)27-17-19-10-13-29(14-11-19)23(31)9-8-21-4-3-15-35-21/h3-4,6-9,15-16,19H,2,5,10-14,17H2,1H3,(H,27,33)(H,28,34)/b9-8+. The van der Waals surface area contributed by atoms with Crippen LogP contribution in [-0.2, 0) is 19.2 Å². The predicted molar refractivity (Wildman–Crippen MR) is 131 cm³/mol. The molecule has 2 aliphatic heterocycles. The fourth-order valence-electron chi connectivity index (χ4n) is 4.39. The zero-order chi connectivity index (χ0) is 24.8. The molecule has 2 aromatic rings. The van der Waals surface area contributed by atoms with E-state index in [4.69, 9.17) is 4.42 Å². The van der Waals surface area contributed by atoms with Crippen LogP contribution in [0.4, 0.5) is 11.4 Å². The largest absolute Gasteiger partial charge is 0.465 e. The molecule has 3 heterocycles. The van der Waals surface area contributed by atoms with Crippen LogP contribution in [0.15, 0.2) is 47.1 Å². The first-order chi connectivity index (χ1) is 16.9. The van der Waals surface area contributed by atoms with Gasteiger partial charge < -0.3 is 24.9 Å². The second kappa shape index (κ2) is 11.0. The zero-order valence-electron chi connectivity index (χ0n) is 19.8. The number of anilines is 2. The molecule has 0 radical (unpaired) electrons. The third-order valence-corrected chi connectivity index (χ3v) is 6.45. The number of hydrogen-bond donors (Lipinski definition) is 2. The smallest absolute Gasteiger partial charge is 0.313 e. The van der Waals surface area contributed by atoms with Gasteiger partial charge in [0.15, 0.2) is 0 Å². The van der Waals surface area contributed by atoms with E-state index in [2.05, 4.69) is 10.6 Å². The summed E-state index contributed by atoms with van der Waals surface area (Å²) >= 11 is 0. The first-order valence-electron chi connectivity index (χ1n) is 11.9. The molecule has 2 saturated heterocycles. The topological polar surface area (TPSA) is 112 Å². The Bertz CT molecular complexity index is 1120. The van der Waals surface area contributed by atoms with E-state index in [1.807, 2.05) is 13.0 Å². The number of furan rings is 1. The van der Waals surface area contributed by atoms with Crippen LogP contribution in [0.25, 0.3) is 6.08 Å². The van der Waals surface area contributed by atoms with Gasteiger partial charge in [0.2, 0.25) is 11.8 Å². The van der Waals surface area contributed by atoms with E-state index in [9.17, 15) is 19.2 Å². The number of rotatable bonds is 6. The van der Waals surface area contributed by atoms with Crippen molar-refractivity contribution < 1.29 is 23.6 Å².